The van der Waals surface area contributed by atoms with Crippen LogP contribution < -0.4 is 10.6 Å². The summed E-state index contributed by atoms with van der Waals surface area (Å²) >= 11 is 0. The Morgan fingerprint density at radius 2 is 1.70 bits per heavy atom. The monoisotopic (exact) mass is 316 g/mol. The molecule has 0 amide bonds. The van der Waals surface area contributed by atoms with Crippen molar-refractivity contribution in [2.75, 3.05) is 5.32 Å². The van der Waals surface area contributed by atoms with Gasteiger partial charge in [0.2, 0.25) is 0 Å². The predicted octanol–water partition coefficient (Wildman–Crippen LogP) is 2.70. The minimum atomic E-state index is 0.100. The number of hydrogen-bond donors (Lipinski definition) is 2. The molecule has 2 N–H and O–H groups in total. The van der Waals surface area contributed by atoms with Gasteiger partial charge in [-0.15, -0.1) is 0 Å². The molecule has 126 valence electrons. The Bertz CT molecular complexity index is 727. The van der Waals surface area contributed by atoms with Gasteiger partial charge >= 0.3 is 0 Å². The van der Waals surface area contributed by atoms with Crippen LogP contribution in [0, 0.1) is 13.8 Å². The number of nitrogens with one attached hydrogen (secondary N) is 2. The van der Waals surface area contributed by atoms with E-state index in [0.717, 1.165) is 41.2 Å². The van der Waals surface area contributed by atoms with Gasteiger partial charge in [-0.1, -0.05) is 0 Å². The van der Waals surface area contributed by atoms with E-state index in [4.69, 9.17) is 0 Å². The number of aryl methyl sites for hydroxylation is 3. The van der Waals surface area contributed by atoms with E-state index in [9.17, 15) is 0 Å². The second kappa shape index (κ2) is 5.16. The van der Waals surface area contributed by atoms with Gasteiger partial charge in [0.25, 0.3) is 0 Å². The largest absolute Gasteiger partial charge is 0.365 e. The number of rotatable bonds is 2. The molecular formula is C17H28N6. The van der Waals surface area contributed by atoms with Crippen LogP contribution >= 0.6 is 0 Å². The molecule has 0 bridgehead atoms. The fourth-order valence-electron chi connectivity index (χ4n) is 4.17. The Labute approximate surface area is 138 Å². The summed E-state index contributed by atoms with van der Waals surface area (Å²) in [6, 6.07) is 0.369. The van der Waals surface area contributed by atoms with Gasteiger partial charge in [-0.05, 0) is 54.4 Å². The van der Waals surface area contributed by atoms with Crippen molar-refractivity contribution >= 4 is 16.9 Å². The van der Waals surface area contributed by atoms with E-state index < -0.39 is 0 Å². The van der Waals surface area contributed by atoms with Crippen LogP contribution in [0.1, 0.15) is 52.1 Å². The number of aromatic nitrogens is 4. The van der Waals surface area contributed by atoms with Crippen LogP contribution in [0.3, 0.4) is 0 Å². The number of fused-ring (bicyclic) bond motifs is 1. The van der Waals surface area contributed by atoms with Crippen molar-refractivity contribution in [2.24, 2.45) is 7.05 Å². The highest BCUT2D eigenvalue weighted by molar-refractivity contribution is 5.87. The van der Waals surface area contributed by atoms with Crippen LogP contribution in [-0.2, 0) is 7.05 Å². The van der Waals surface area contributed by atoms with Gasteiger partial charge in [0.15, 0.2) is 5.82 Å². The van der Waals surface area contributed by atoms with Crippen molar-refractivity contribution in [3.8, 4) is 0 Å². The summed E-state index contributed by atoms with van der Waals surface area (Å²) in [6.07, 6.45) is 2.11. The average Bonchev–Trinajstić information content (AvgIpc) is 2.60. The van der Waals surface area contributed by atoms with Crippen molar-refractivity contribution in [3.63, 3.8) is 0 Å². The van der Waals surface area contributed by atoms with Crippen molar-refractivity contribution < 1.29 is 0 Å². The molecule has 1 aliphatic heterocycles. The molecule has 0 atom stereocenters. The van der Waals surface area contributed by atoms with Gasteiger partial charge in [0.05, 0.1) is 5.69 Å². The van der Waals surface area contributed by atoms with Crippen molar-refractivity contribution in [1.82, 2.24) is 25.1 Å². The summed E-state index contributed by atoms with van der Waals surface area (Å²) in [5.74, 6) is 1.68. The van der Waals surface area contributed by atoms with E-state index in [0.29, 0.717) is 6.04 Å². The fourth-order valence-corrected chi connectivity index (χ4v) is 4.17. The van der Waals surface area contributed by atoms with Crippen LogP contribution in [0.5, 0.6) is 0 Å². The Morgan fingerprint density at radius 1 is 1.09 bits per heavy atom. The summed E-state index contributed by atoms with van der Waals surface area (Å²) in [5, 5.41) is 11.9. The third kappa shape index (κ3) is 3.17. The SMILES string of the molecule is Cc1nc(NC2CC(C)(C)NC(C)(C)C2)c2c(n1)c(C)nn2C. The molecule has 1 fully saturated rings. The molecule has 1 saturated heterocycles. The van der Waals surface area contributed by atoms with E-state index in [2.05, 4.69) is 53.4 Å². The molecule has 0 aromatic carbocycles. The number of nitrogens with zero attached hydrogens (tertiary/aromatic N) is 4. The lowest BCUT2D eigenvalue weighted by Gasteiger charge is -2.46. The Hall–Kier alpha value is -1.69. The third-order valence-electron chi connectivity index (χ3n) is 4.49. The first-order chi connectivity index (χ1) is 10.6. The molecule has 0 aliphatic carbocycles. The minimum Gasteiger partial charge on any atom is -0.365 e. The van der Waals surface area contributed by atoms with E-state index in [1.54, 1.807) is 0 Å². The molecule has 0 saturated carbocycles. The van der Waals surface area contributed by atoms with Crippen LogP contribution in [0.4, 0.5) is 5.82 Å². The van der Waals surface area contributed by atoms with E-state index in [1.165, 1.54) is 0 Å². The molecule has 2 aromatic heterocycles. The van der Waals surface area contributed by atoms with Crippen LogP contribution in [-0.4, -0.2) is 36.9 Å². The molecule has 1 aliphatic rings. The summed E-state index contributed by atoms with van der Waals surface area (Å²) in [6.45, 7) is 13.0. The summed E-state index contributed by atoms with van der Waals surface area (Å²) in [7, 11) is 1.95. The van der Waals surface area contributed by atoms with Crippen LogP contribution in [0.15, 0.2) is 0 Å². The van der Waals surface area contributed by atoms with Gasteiger partial charge < -0.3 is 10.6 Å². The molecule has 2 aromatic rings. The molecule has 6 nitrogen and oxygen atoms in total. The second-order valence-corrected chi connectivity index (χ2v) is 8.17. The van der Waals surface area contributed by atoms with Crippen LogP contribution in [0.25, 0.3) is 11.0 Å². The minimum absolute atomic E-state index is 0.100. The lowest BCUT2D eigenvalue weighted by atomic mass is 9.79. The Kier molecular flexibility index (Phi) is 3.63. The smallest absolute Gasteiger partial charge is 0.156 e. The lowest BCUT2D eigenvalue weighted by Crippen LogP contribution is -2.60. The highest BCUT2D eigenvalue weighted by Gasteiger charge is 2.38. The molecule has 3 heterocycles. The molecule has 6 heteroatoms. The van der Waals surface area contributed by atoms with E-state index >= 15 is 0 Å². The van der Waals surface area contributed by atoms with Gasteiger partial charge in [-0.25, -0.2) is 9.97 Å². The van der Waals surface area contributed by atoms with E-state index in [-0.39, 0.29) is 11.1 Å². The second-order valence-electron chi connectivity index (χ2n) is 8.17. The maximum absolute atomic E-state index is 4.66. The first-order valence-corrected chi connectivity index (χ1v) is 8.30. The standard InChI is InChI=1S/C17H28N6/c1-10-13-14(23(7)21-10)15(19-11(2)18-13)20-12-8-16(3,4)22-17(5,6)9-12/h12,22H,8-9H2,1-7H3,(H,18,19,20). The van der Waals surface area contributed by atoms with E-state index in [1.807, 2.05) is 25.6 Å². The molecule has 0 radical (unpaired) electrons. The Morgan fingerprint density at radius 3 is 2.30 bits per heavy atom. The Balaban J connectivity index is 1.98. The number of anilines is 1. The topological polar surface area (TPSA) is 67.7 Å². The zero-order valence-electron chi connectivity index (χ0n) is 15.3. The molecule has 23 heavy (non-hydrogen) atoms. The number of hydrogen-bond acceptors (Lipinski definition) is 5. The maximum atomic E-state index is 4.66. The zero-order valence-corrected chi connectivity index (χ0v) is 15.3. The van der Waals surface area contributed by atoms with Gasteiger partial charge in [-0.2, -0.15) is 5.10 Å². The third-order valence-corrected chi connectivity index (χ3v) is 4.49. The molecule has 3 rings (SSSR count). The maximum Gasteiger partial charge on any atom is 0.156 e. The first kappa shape index (κ1) is 16.2. The van der Waals surface area contributed by atoms with Gasteiger partial charge in [-0.3, -0.25) is 4.68 Å². The van der Waals surface area contributed by atoms with Crippen LogP contribution in [0.2, 0.25) is 0 Å². The molecular weight excluding hydrogens is 288 g/mol. The normalized spacial score (nSPS) is 20.8. The molecule has 0 unspecified atom stereocenters. The fraction of sp³-hybridized carbons (Fsp3) is 0.706. The summed E-state index contributed by atoms with van der Waals surface area (Å²) < 4.78 is 1.88. The van der Waals surface area contributed by atoms with Gasteiger partial charge in [0, 0.05) is 24.2 Å². The summed E-state index contributed by atoms with van der Waals surface area (Å²) in [4.78, 5) is 9.22. The van der Waals surface area contributed by atoms with Gasteiger partial charge in [0.1, 0.15) is 16.9 Å². The first-order valence-electron chi connectivity index (χ1n) is 8.30. The highest BCUT2D eigenvalue weighted by atomic mass is 15.3. The predicted molar refractivity (Wildman–Crippen MR) is 93.7 cm³/mol. The lowest BCUT2D eigenvalue weighted by molar-refractivity contribution is 0.170. The van der Waals surface area contributed by atoms with Crippen molar-refractivity contribution in [2.45, 2.75) is 71.5 Å². The van der Waals surface area contributed by atoms with Crippen molar-refractivity contribution in [3.05, 3.63) is 11.5 Å². The summed E-state index contributed by atoms with van der Waals surface area (Å²) in [5.41, 5.74) is 3.07. The van der Waals surface area contributed by atoms with Crippen molar-refractivity contribution in [1.29, 1.82) is 0 Å². The zero-order chi connectivity index (χ0) is 17.0. The average molecular weight is 316 g/mol. The molecule has 0 spiro atoms. The quantitative estimate of drug-likeness (QED) is 0.891. The number of piperidine rings is 1. The highest BCUT2D eigenvalue weighted by Crippen LogP contribution is 2.31.